The number of aromatic amines is 1. The number of ether oxygens (including phenoxy) is 1. The zero-order chi connectivity index (χ0) is 23.5. The van der Waals surface area contributed by atoms with E-state index in [0.29, 0.717) is 35.6 Å². The van der Waals surface area contributed by atoms with E-state index < -0.39 is 5.97 Å². The van der Waals surface area contributed by atoms with E-state index in [4.69, 9.17) is 4.74 Å². The van der Waals surface area contributed by atoms with Crippen LogP contribution in [0.1, 0.15) is 36.8 Å². The minimum absolute atomic E-state index is 0.267. The van der Waals surface area contributed by atoms with Gasteiger partial charge in [-0.05, 0) is 30.0 Å². The maximum Gasteiger partial charge on any atom is 0.356 e. The van der Waals surface area contributed by atoms with Crippen LogP contribution in [-0.2, 0) is 22.5 Å². The second-order valence-corrected chi connectivity index (χ2v) is 8.53. The van der Waals surface area contributed by atoms with Crippen LogP contribution in [-0.4, -0.2) is 40.1 Å². The lowest BCUT2D eigenvalue weighted by Gasteiger charge is -2.10. The van der Waals surface area contributed by atoms with Crippen LogP contribution >= 0.6 is 0 Å². The summed E-state index contributed by atoms with van der Waals surface area (Å²) in [7, 11) is 1.34. The number of methoxy groups -OCH3 is 1. The van der Waals surface area contributed by atoms with Crippen molar-refractivity contribution < 1.29 is 14.3 Å². The molecule has 0 unspecified atom stereocenters. The van der Waals surface area contributed by atoms with Crippen molar-refractivity contribution in [1.29, 1.82) is 0 Å². The highest BCUT2D eigenvalue weighted by Crippen LogP contribution is 2.33. The highest BCUT2D eigenvalue weighted by Gasteiger charge is 2.25. The van der Waals surface area contributed by atoms with Gasteiger partial charge in [0.15, 0.2) is 5.69 Å². The van der Waals surface area contributed by atoms with Gasteiger partial charge in [0.2, 0.25) is 5.91 Å². The fourth-order valence-corrected chi connectivity index (χ4v) is 4.04. The molecule has 3 heterocycles. The number of fused-ring (bicyclic) bond motifs is 2. The van der Waals surface area contributed by atoms with Gasteiger partial charge in [0.1, 0.15) is 5.65 Å². The van der Waals surface area contributed by atoms with E-state index in [0.717, 1.165) is 28.7 Å². The van der Waals surface area contributed by atoms with Gasteiger partial charge in [-0.25, -0.2) is 9.78 Å². The predicted octanol–water partition coefficient (Wildman–Crippen LogP) is 4.57. The summed E-state index contributed by atoms with van der Waals surface area (Å²) in [5.74, 6) is -0.328. The Morgan fingerprint density at radius 2 is 2.00 bits per heavy atom. The number of aromatic nitrogens is 3. The third kappa shape index (κ3) is 4.55. The number of esters is 1. The molecule has 0 aliphatic carbocycles. The van der Waals surface area contributed by atoms with Crippen molar-refractivity contribution in [3.05, 3.63) is 54.0 Å². The van der Waals surface area contributed by atoms with Crippen molar-refractivity contribution in [1.82, 2.24) is 14.5 Å². The molecule has 0 saturated heterocycles. The number of amides is 1. The highest BCUT2D eigenvalue weighted by molar-refractivity contribution is 6.11. The number of hydrogen-bond acceptors (Lipinski definition) is 5. The molecule has 0 aliphatic heterocycles. The zero-order valence-corrected chi connectivity index (χ0v) is 19.4. The normalized spacial score (nSPS) is 11.3. The van der Waals surface area contributed by atoms with E-state index in [1.165, 1.54) is 14.0 Å². The molecule has 3 aromatic heterocycles. The Bertz CT molecular complexity index is 1320. The van der Waals surface area contributed by atoms with Crippen molar-refractivity contribution in [2.75, 3.05) is 24.3 Å². The smallest absolute Gasteiger partial charge is 0.356 e. The molecule has 4 aromatic rings. The molecule has 0 spiro atoms. The summed E-state index contributed by atoms with van der Waals surface area (Å²) in [5, 5.41) is 8.03. The van der Waals surface area contributed by atoms with E-state index in [-0.39, 0.29) is 11.6 Å². The fraction of sp³-hybridized carbons (Fsp3) is 0.320. The number of benzene rings is 1. The summed E-state index contributed by atoms with van der Waals surface area (Å²) in [6.45, 7) is 6.95. The molecule has 33 heavy (non-hydrogen) atoms. The van der Waals surface area contributed by atoms with Gasteiger partial charge in [0, 0.05) is 42.5 Å². The van der Waals surface area contributed by atoms with Crippen molar-refractivity contribution >= 4 is 45.2 Å². The molecule has 0 aliphatic rings. The van der Waals surface area contributed by atoms with E-state index in [2.05, 4.69) is 40.5 Å². The summed E-state index contributed by atoms with van der Waals surface area (Å²) in [6, 6.07) is 10.0. The Labute approximate surface area is 192 Å². The molecule has 8 nitrogen and oxygen atoms in total. The largest absolute Gasteiger partial charge is 0.464 e. The molecule has 1 amide bonds. The van der Waals surface area contributed by atoms with Gasteiger partial charge in [-0.2, -0.15) is 0 Å². The number of H-pyrrole nitrogens is 1. The molecule has 172 valence electrons. The molecule has 0 radical (unpaired) electrons. The molecule has 0 fully saturated rings. The number of carbonyl (C=O) groups excluding carboxylic acids is 2. The van der Waals surface area contributed by atoms with Gasteiger partial charge in [-0.3, -0.25) is 4.79 Å². The van der Waals surface area contributed by atoms with Crippen LogP contribution in [0.2, 0.25) is 0 Å². The number of pyridine rings is 1. The standard InChI is InChI=1S/C25H29N5O3/c1-15(2)12-26-18-11-20-22(29-16(3)31)23(25(32)33-4)30(24(20)28-14-18)10-9-17-13-27-21-8-6-5-7-19(17)21/h5-8,11,13-15,26-27H,9-10,12H2,1-4H3,(H,29,31). The van der Waals surface area contributed by atoms with Crippen molar-refractivity contribution in [3.8, 4) is 0 Å². The zero-order valence-electron chi connectivity index (χ0n) is 19.4. The Balaban J connectivity index is 1.80. The summed E-state index contributed by atoms with van der Waals surface area (Å²) in [6.07, 6.45) is 4.42. The summed E-state index contributed by atoms with van der Waals surface area (Å²) in [4.78, 5) is 32.8. The van der Waals surface area contributed by atoms with E-state index in [1.54, 1.807) is 6.20 Å². The molecule has 0 atom stereocenters. The number of carbonyl (C=O) groups is 2. The Morgan fingerprint density at radius 3 is 2.73 bits per heavy atom. The van der Waals surface area contributed by atoms with Crippen LogP contribution < -0.4 is 10.6 Å². The number of para-hydroxylation sites is 1. The second-order valence-electron chi connectivity index (χ2n) is 8.53. The molecule has 0 saturated carbocycles. The average Bonchev–Trinajstić information content (AvgIpc) is 3.34. The van der Waals surface area contributed by atoms with Gasteiger partial charge in [-0.15, -0.1) is 0 Å². The third-order valence-electron chi connectivity index (χ3n) is 5.57. The van der Waals surface area contributed by atoms with E-state index in [9.17, 15) is 9.59 Å². The highest BCUT2D eigenvalue weighted by atomic mass is 16.5. The molecular formula is C25H29N5O3. The van der Waals surface area contributed by atoms with Crippen LogP contribution in [0.3, 0.4) is 0 Å². The maximum atomic E-state index is 12.8. The lowest BCUT2D eigenvalue weighted by molar-refractivity contribution is -0.114. The molecule has 0 bridgehead atoms. The van der Waals surface area contributed by atoms with Crippen molar-refractivity contribution in [2.24, 2.45) is 5.92 Å². The van der Waals surface area contributed by atoms with Crippen LogP contribution in [0.5, 0.6) is 0 Å². The van der Waals surface area contributed by atoms with E-state index in [1.807, 2.05) is 35.0 Å². The van der Waals surface area contributed by atoms with Crippen LogP contribution in [0.4, 0.5) is 11.4 Å². The predicted molar refractivity (Wildman–Crippen MR) is 131 cm³/mol. The van der Waals surface area contributed by atoms with Crippen LogP contribution in [0.15, 0.2) is 42.7 Å². The fourth-order valence-electron chi connectivity index (χ4n) is 4.04. The minimum Gasteiger partial charge on any atom is -0.464 e. The first-order valence-electron chi connectivity index (χ1n) is 11.1. The molecule has 8 heteroatoms. The van der Waals surface area contributed by atoms with Gasteiger partial charge >= 0.3 is 5.97 Å². The Morgan fingerprint density at radius 1 is 1.21 bits per heavy atom. The SMILES string of the molecule is COC(=O)c1c(NC(C)=O)c2cc(NCC(C)C)cnc2n1CCc1c[nH]c2ccccc12. The molecule has 4 rings (SSSR count). The van der Waals surface area contributed by atoms with Gasteiger partial charge in [0.05, 0.1) is 24.7 Å². The molecule has 1 aromatic carbocycles. The topological polar surface area (TPSA) is 101 Å². The number of nitrogens with one attached hydrogen (secondary N) is 3. The number of anilines is 2. The second kappa shape index (κ2) is 9.36. The van der Waals surface area contributed by atoms with E-state index >= 15 is 0 Å². The first kappa shape index (κ1) is 22.4. The third-order valence-corrected chi connectivity index (χ3v) is 5.57. The first-order valence-corrected chi connectivity index (χ1v) is 11.1. The quantitative estimate of drug-likeness (QED) is 0.344. The van der Waals surface area contributed by atoms with Gasteiger partial charge in [0.25, 0.3) is 0 Å². The van der Waals surface area contributed by atoms with Gasteiger partial charge < -0.3 is 24.9 Å². The number of nitrogens with zero attached hydrogens (tertiary/aromatic N) is 2. The number of aryl methyl sites for hydroxylation is 2. The summed E-state index contributed by atoms with van der Waals surface area (Å²) in [5.41, 5.74) is 4.36. The molecular weight excluding hydrogens is 418 g/mol. The monoisotopic (exact) mass is 447 g/mol. The van der Waals surface area contributed by atoms with Crippen LogP contribution in [0, 0.1) is 5.92 Å². The summed E-state index contributed by atoms with van der Waals surface area (Å²) < 4.78 is 6.92. The maximum absolute atomic E-state index is 12.8. The lowest BCUT2D eigenvalue weighted by Crippen LogP contribution is -2.16. The van der Waals surface area contributed by atoms with Gasteiger partial charge in [-0.1, -0.05) is 32.0 Å². The Hall–Kier alpha value is -3.81. The number of rotatable bonds is 8. The lowest BCUT2D eigenvalue weighted by atomic mass is 10.1. The van der Waals surface area contributed by atoms with Crippen molar-refractivity contribution in [3.63, 3.8) is 0 Å². The first-order chi connectivity index (χ1) is 15.9. The van der Waals surface area contributed by atoms with Crippen LogP contribution in [0.25, 0.3) is 21.9 Å². The summed E-state index contributed by atoms with van der Waals surface area (Å²) >= 11 is 0. The number of hydrogen-bond donors (Lipinski definition) is 3. The minimum atomic E-state index is -0.521. The molecule has 3 N–H and O–H groups in total. The average molecular weight is 448 g/mol. The van der Waals surface area contributed by atoms with Crippen molar-refractivity contribution in [2.45, 2.75) is 33.7 Å². The Kier molecular flexibility index (Phi) is 6.35.